The second-order valence-electron chi connectivity index (χ2n) is 4.20. The summed E-state index contributed by atoms with van der Waals surface area (Å²) in [4.78, 5) is 1.50. The van der Waals surface area contributed by atoms with E-state index in [-0.39, 0.29) is 7.43 Å². The summed E-state index contributed by atoms with van der Waals surface area (Å²) in [5.41, 5.74) is 1.49. The van der Waals surface area contributed by atoms with E-state index in [0.717, 1.165) is 0 Å². The van der Waals surface area contributed by atoms with Crippen molar-refractivity contribution < 1.29 is 29.7 Å². The Hall–Kier alpha value is -0.360. The van der Waals surface area contributed by atoms with Gasteiger partial charge in [0.2, 0.25) is 5.01 Å². The first-order valence-electron chi connectivity index (χ1n) is 5.29. The average Bonchev–Trinajstić information content (AvgIpc) is 2.38. The molecule has 0 amide bonds. The molecular formula is C10H18F6NPS. The Bertz CT molecular complexity index is 438. The molecule has 0 saturated heterocycles. The van der Waals surface area contributed by atoms with E-state index in [1.54, 1.807) is 5.01 Å². The van der Waals surface area contributed by atoms with E-state index in [9.17, 15) is 25.2 Å². The van der Waals surface area contributed by atoms with Gasteiger partial charge in [-0.3, -0.25) is 0 Å². The average molecular weight is 329 g/mol. The van der Waals surface area contributed by atoms with E-state index in [4.69, 9.17) is 0 Å². The van der Waals surface area contributed by atoms with Crippen LogP contribution in [0.15, 0.2) is 0 Å². The van der Waals surface area contributed by atoms with Gasteiger partial charge in [-0.05, 0) is 13.3 Å². The molecule has 0 aromatic carbocycles. The summed E-state index contributed by atoms with van der Waals surface area (Å²) in [6.07, 6.45) is 4.06. The van der Waals surface area contributed by atoms with Gasteiger partial charge in [0.1, 0.15) is 6.54 Å². The van der Waals surface area contributed by atoms with Crippen LogP contribution < -0.4 is 4.57 Å². The van der Waals surface area contributed by atoms with E-state index in [0.29, 0.717) is 0 Å². The Kier molecular flexibility index (Phi) is 4.79. The molecule has 0 fully saturated rings. The molecule has 1 aliphatic rings. The first-order chi connectivity index (χ1) is 7.74. The third-order valence-corrected chi connectivity index (χ3v) is 3.77. The fourth-order valence-corrected chi connectivity index (χ4v) is 2.90. The third kappa shape index (κ3) is 8.42. The van der Waals surface area contributed by atoms with Gasteiger partial charge in [-0.1, -0.05) is 18.8 Å². The number of nitrogens with zero attached hydrogens (tertiary/aromatic N) is 1. The van der Waals surface area contributed by atoms with Crippen molar-refractivity contribution in [3.05, 3.63) is 15.6 Å². The summed E-state index contributed by atoms with van der Waals surface area (Å²) in [6.45, 7) is 5.72. The van der Waals surface area contributed by atoms with Crippen molar-refractivity contribution >= 4 is 19.1 Å². The Labute approximate surface area is 112 Å². The summed E-state index contributed by atoms with van der Waals surface area (Å²) < 4.78 is 61.7. The second-order valence-corrected chi connectivity index (χ2v) is 7.41. The summed E-state index contributed by atoms with van der Waals surface area (Å²) in [6, 6.07) is 0. The number of halogens is 6. The Morgan fingerprint density at radius 2 is 1.47 bits per heavy atom. The van der Waals surface area contributed by atoms with Crippen molar-refractivity contribution in [3.63, 3.8) is 0 Å². The zero-order valence-electron chi connectivity index (χ0n) is 9.90. The van der Waals surface area contributed by atoms with Gasteiger partial charge in [-0.25, -0.2) is 0 Å². The summed E-state index contributed by atoms with van der Waals surface area (Å²) in [7, 11) is -10.7. The van der Waals surface area contributed by atoms with E-state index in [2.05, 4.69) is 18.4 Å². The van der Waals surface area contributed by atoms with Crippen LogP contribution >= 0.6 is 19.1 Å². The minimum absolute atomic E-state index is 0. The standard InChI is InChI=1S/C9H14NS.CH4.F6P/c1-7-8(2)11-9-5-3-4-6-10(7)9;;1-7(2,3,4,5)6/h3-6H2,1-2H3;1H4;/q+1;;-1. The number of hydrogen-bond acceptors (Lipinski definition) is 1. The van der Waals surface area contributed by atoms with Gasteiger partial charge in [0, 0.05) is 19.8 Å². The molecule has 1 nitrogen and oxygen atoms in total. The van der Waals surface area contributed by atoms with Crippen LogP contribution in [-0.4, -0.2) is 0 Å². The molecule has 0 aliphatic carbocycles. The summed E-state index contributed by atoms with van der Waals surface area (Å²) in [5, 5.41) is 1.59. The Morgan fingerprint density at radius 1 is 1.00 bits per heavy atom. The Balaban J connectivity index is 0.000000360. The molecule has 2 heterocycles. The molecule has 1 aliphatic heterocycles. The van der Waals surface area contributed by atoms with E-state index >= 15 is 0 Å². The van der Waals surface area contributed by atoms with Crippen LogP contribution in [0.5, 0.6) is 0 Å². The van der Waals surface area contributed by atoms with Gasteiger partial charge in [0.05, 0.1) is 4.88 Å². The first kappa shape index (κ1) is 18.6. The first-order valence-corrected chi connectivity index (χ1v) is 8.13. The molecule has 0 radical (unpaired) electrons. The van der Waals surface area contributed by atoms with Crippen LogP contribution in [0.25, 0.3) is 0 Å². The van der Waals surface area contributed by atoms with Gasteiger partial charge < -0.3 is 0 Å². The molecule has 9 heteroatoms. The zero-order chi connectivity index (χ0) is 14.3. The zero-order valence-corrected chi connectivity index (χ0v) is 11.6. The van der Waals surface area contributed by atoms with Crippen LogP contribution in [0.2, 0.25) is 0 Å². The summed E-state index contributed by atoms with van der Waals surface area (Å²) >= 11 is 1.98. The fraction of sp³-hybridized carbons (Fsp3) is 0.700. The molecule has 0 bridgehead atoms. The van der Waals surface area contributed by atoms with E-state index in [1.165, 1.54) is 36.4 Å². The molecule has 19 heavy (non-hydrogen) atoms. The SMILES string of the molecule is C.Cc1sc2[n+](c1C)CCCC2.F[P-](F)(F)(F)(F)F. The predicted octanol–water partition coefficient (Wildman–Crippen LogP) is 6.01. The number of thiazole rings is 1. The van der Waals surface area contributed by atoms with E-state index in [1.807, 2.05) is 11.3 Å². The van der Waals surface area contributed by atoms with Gasteiger partial charge >= 0.3 is 33.0 Å². The van der Waals surface area contributed by atoms with Gasteiger partial charge in [-0.2, -0.15) is 4.57 Å². The van der Waals surface area contributed by atoms with Crippen molar-refractivity contribution in [3.8, 4) is 0 Å². The van der Waals surface area contributed by atoms with Gasteiger partial charge in [0.15, 0.2) is 5.69 Å². The number of rotatable bonds is 0. The maximum atomic E-state index is 9.87. The van der Waals surface area contributed by atoms with Crippen LogP contribution in [0, 0.1) is 13.8 Å². The quantitative estimate of drug-likeness (QED) is 0.312. The number of aromatic nitrogens is 1. The molecule has 0 atom stereocenters. The molecule has 1 aromatic heterocycles. The molecule has 0 N–H and O–H groups in total. The van der Waals surface area contributed by atoms with Crippen molar-refractivity contribution in [1.29, 1.82) is 0 Å². The van der Waals surface area contributed by atoms with E-state index < -0.39 is 7.81 Å². The fourth-order valence-electron chi connectivity index (χ4n) is 1.71. The van der Waals surface area contributed by atoms with Crippen molar-refractivity contribution in [2.24, 2.45) is 0 Å². The molecule has 0 spiro atoms. The summed E-state index contributed by atoms with van der Waals surface area (Å²) in [5.74, 6) is 0. The maximum absolute atomic E-state index is 10.7. The number of aryl methyl sites for hydroxylation is 2. The normalized spacial score (nSPS) is 18.1. The van der Waals surface area contributed by atoms with Crippen LogP contribution in [0.4, 0.5) is 25.2 Å². The van der Waals surface area contributed by atoms with Crippen LogP contribution in [0.1, 0.15) is 35.8 Å². The third-order valence-electron chi connectivity index (χ3n) is 2.51. The molecule has 1 aromatic rings. The number of fused-ring (bicyclic) bond motifs is 1. The number of hydrogen-bond donors (Lipinski definition) is 0. The van der Waals surface area contributed by atoms with Crippen molar-refractivity contribution in [2.45, 2.75) is 47.1 Å². The minimum atomic E-state index is -10.7. The second kappa shape index (κ2) is 4.88. The molecule has 2 rings (SSSR count). The van der Waals surface area contributed by atoms with Crippen molar-refractivity contribution in [2.75, 3.05) is 0 Å². The molecular weight excluding hydrogens is 311 g/mol. The van der Waals surface area contributed by atoms with Crippen LogP contribution in [-0.2, 0) is 13.0 Å². The molecule has 116 valence electrons. The predicted molar refractivity (Wildman–Crippen MR) is 67.2 cm³/mol. The molecule has 0 saturated carbocycles. The monoisotopic (exact) mass is 329 g/mol. The topological polar surface area (TPSA) is 3.88 Å². The van der Waals surface area contributed by atoms with Crippen molar-refractivity contribution in [1.82, 2.24) is 0 Å². The molecule has 0 unspecified atom stereocenters. The van der Waals surface area contributed by atoms with Gasteiger partial charge in [-0.15, -0.1) is 0 Å². The Morgan fingerprint density at radius 3 is 1.89 bits per heavy atom. The van der Waals surface area contributed by atoms with Gasteiger partial charge in [0.25, 0.3) is 0 Å². The van der Waals surface area contributed by atoms with Crippen LogP contribution in [0.3, 0.4) is 0 Å².